The van der Waals surface area contributed by atoms with Crippen LogP contribution in [0.5, 0.6) is 0 Å². The van der Waals surface area contributed by atoms with Crippen LogP contribution in [0.2, 0.25) is 5.02 Å². The number of anilines is 1. The first-order valence-electron chi connectivity index (χ1n) is 6.10. The van der Waals surface area contributed by atoms with E-state index in [0.29, 0.717) is 11.2 Å². The van der Waals surface area contributed by atoms with Crippen LogP contribution < -0.4 is 5.32 Å². The van der Waals surface area contributed by atoms with E-state index in [0.717, 1.165) is 25.1 Å². The maximum atomic E-state index is 13.0. The molecule has 1 heterocycles. The van der Waals surface area contributed by atoms with Crippen LogP contribution in [0.15, 0.2) is 18.2 Å². The van der Waals surface area contributed by atoms with Gasteiger partial charge >= 0.3 is 0 Å². The molecule has 1 aliphatic rings. The number of benzene rings is 1. The molecule has 0 bridgehead atoms. The van der Waals surface area contributed by atoms with Crippen LogP contribution in [0, 0.1) is 5.82 Å². The van der Waals surface area contributed by atoms with Crippen molar-refractivity contribution in [1.82, 2.24) is 4.90 Å². The smallest absolute Gasteiger partial charge is 0.173 e. The Hall–Kier alpha value is -0.870. The van der Waals surface area contributed by atoms with Gasteiger partial charge in [-0.1, -0.05) is 11.6 Å². The molecule has 2 nitrogen and oxygen atoms in total. The van der Waals surface area contributed by atoms with E-state index in [2.05, 4.69) is 17.1 Å². The normalized spacial score (nSPS) is 19.7. The lowest BCUT2D eigenvalue weighted by molar-refractivity contribution is 0.262. The summed E-state index contributed by atoms with van der Waals surface area (Å²) in [5.74, 6) is -0.417. The fourth-order valence-electron chi connectivity index (χ4n) is 2.17. The van der Waals surface area contributed by atoms with E-state index in [1.165, 1.54) is 12.5 Å². The Labute approximate surface area is 117 Å². The van der Waals surface area contributed by atoms with Gasteiger partial charge in [-0.15, -0.1) is 0 Å². The molecule has 0 amide bonds. The highest BCUT2D eigenvalue weighted by molar-refractivity contribution is 7.80. The zero-order valence-electron chi connectivity index (χ0n) is 10.2. The predicted octanol–water partition coefficient (Wildman–Crippen LogP) is 4.05. The molecule has 18 heavy (non-hydrogen) atoms. The third-order valence-corrected chi connectivity index (χ3v) is 3.86. The van der Waals surface area contributed by atoms with E-state index in [1.807, 2.05) is 0 Å². The molecule has 1 atom stereocenters. The van der Waals surface area contributed by atoms with Crippen molar-refractivity contribution in [3.8, 4) is 0 Å². The highest BCUT2D eigenvalue weighted by Crippen LogP contribution is 2.21. The molecule has 1 saturated heterocycles. The number of nitrogens with one attached hydrogen (secondary N) is 1. The minimum Gasteiger partial charge on any atom is -0.346 e. The Morgan fingerprint density at radius 1 is 1.50 bits per heavy atom. The van der Waals surface area contributed by atoms with Crippen LogP contribution in [0.25, 0.3) is 0 Å². The van der Waals surface area contributed by atoms with Gasteiger partial charge in [0.05, 0.1) is 5.02 Å². The maximum absolute atomic E-state index is 13.0. The number of halogens is 2. The lowest BCUT2D eigenvalue weighted by Gasteiger charge is -2.35. The summed E-state index contributed by atoms with van der Waals surface area (Å²) in [7, 11) is 0. The topological polar surface area (TPSA) is 15.3 Å². The number of likely N-dealkylation sites (tertiary alicyclic amines) is 1. The molecule has 0 saturated carbocycles. The summed E-state index contributed by atoms with van der Waals surface area (Å²) in [6, 6.07) is 4.99. The molecule has 0 spiro atoms. The minimum absolute atomic E-state index is 0.106. The van der Waals surface area contributed by atoms with Gasteiger partial charge in [0.1, 0.15) is 5.82 Å². The summed E-state index contributed by atoms with van der Waals surface area (Å²) in [4.78, 5) is 2.18. The molecule has 1 unspecified atom stereocenters. The molecule has 1 aromatic rings. The van der Waals surface area contributed by atoms with Gasteiger partial charge in [-0.25, -0.2) is 4.39 Å². The highest BCUT2D eigenvalue weighted by atomic mass is 35.5. The predicted molar refractivity (Wildman–Crippen MR) is 77.6 cm³/mol. The molecule has 1 aliphatic heterocycles. The van der Waals surface area contributed by atoms with Gasteiger partial charge in [-0.3, -0.25) is 0 Å². The summed E-state index contributed by atoms with van der Waals surface area (Å²) in [6.07, 6.45) is 3.57. The third kappa shape index (κ3) is 3.12. The molecule has 0 radical (unpaired) electrons. The Kier molecular flexibility index (Phi) is 4.40. The average molecular weight is 287 g/mol. The molecular weight excluding hydrogens is 271 g/mol. The maximum Gasteiger partial charge on any atom is 0.173 e. The fraction of sp³-hybridized carbons (Fsp3) is 0.462. The first-order chi connectivity index (χ1) is 8.58. The molecule has 1 aromatic carbocycles. The number of piperidine rings is 1. The van der Waals surface area contributed by atoms with Crippen LogP contribution in [0.1, 0.15) is 26.2 Å². The Bertz CT molecular complexity index is 453. The van der Waals surface area contributed by atoms with Crippen LogP contribution in [-0.2, 0) is 0 Å². The first kappa shape index (κ1) is 13.6. The summed E-state index contributed by atoms with van der Waals surface area (Å²) in [6.45, 7) is 3.15. The van der Waals surface area contributed by atoms with Crippen LogP contribution in [0.3, 0.4) is 0 Å². The quantitative estimate of drug-likeness (QED) is 0.784. The Morgan fingerprint density at radius 2 is 2.28 bits per heavy atom. The molecule has 1 fully saturated rings. The monoisotopic (exact) mass is 286 g/mol. The number of hydrogen-bond acceptors (Lipinski definition) is 1. The van der Waals surface area contributed by atoms with Gasteiger partial charge in [0.2, 0.25) is 0 Å². The summed E-state index contributed by atoms with van der Waals surface area (Å²) in [5, 5.41) is 3.91. The zero-order chi connectivity index (χ0) is 13.1. The van der Waals surface area contributed by atoms with E-state index >= 15 is 0 Å². The van der Waals surface area contributed by atoms with E-state index in [-0.39, 0.29) is 5.02 Å². The molecule has 5 heteroatoms. The molecule has 0 aromatic heterocycles. The van der Waals surface area contributed by atoms with Crippen LogP contribution >= 0.6 is 23.8 Å². The summed E-state index contributed by atoms with van der Waals surface area (Å²) < 4.78 is 13.0. The van der Waals surface area contributed by atoms with Crippen molar-refractivity contribution in [3.05, 3.63) is 29.0 Å². The van der Waals surface area contributed by atoms with Crippen molar-refractivity contribution in [2.24, 2.45) is 0 Å². The SMILES string of the molecule is CC1CCCCN1C(=S)Nc1ccc(F)c(Cl)c1. The van der Waals surface area contributed by atoms with Crippen molar-refractivity contribution in [2.45, 2.75) is 32.2 Å². The third-order valence-electron chi connectivity index (χ3n) is 3.23. The fourth-order valence-corrected chi connectivity index (χ4v) is 2.74. The number of thiocarbonyl (C=S) groups is 1. The largest absolute Gasteiger partial charge is 0.346 e. The second-order valence-electron chi connectivity index (χ2n) is 4.60. The zero-order valence-corrected chi connectivity index (χ0v) is 11.8. The van der Waals surface area contributed by atoms with Crippen LogP contribution in [0.4, 0.5) is 10.1 Å². The van der Waals surface area contributed by atoms with Gasteiger partial charge in [0.25, 0.3) is 0 Å². The second-order valence-corrected chi connectivity index (χ2v) is 5.39. The molecular formula is C13H16ClFN2S. The van der Waals surface area contributed by atoms with Crippen LogP contribution in [-0.4, -0.2) is 22.6 Å². The molecule has 1 N–H and O–H groups in total. The van der Waals surface area contributed by atoms with Gasteiger partial charge in [-0.05, 0) is 56.6 Å². The van der Waals surface area contributed by atoms with Crippen molar-refractivity contribution in [1.29, 1.82) is 0 Å². The highest BCUT2D eigenvalue weighted by Gasteiger charge is 2.20. The van der Waals surface area contributed by atoms with Crippen molar-refractivity contribution in [2.75, 3.05) is 11.9 Å². The van der Waals surface area contributed by atoms with Gasteiger partial charge in [-0.2, -0.15) is 0 Å². The Balaban J connectivity index is 2.04. The lowest BCUT2D eigenvalue weighted by atomic mass is 10.0. The Morgan fingerprint density at radius 3 is 2.94 bits per heavy atom. The van der Waals surface area contributed by atoms with Crippen molar-refractivity contribution in [3.63, 3.8) is 0 Å². The van der Waals surface area contributed by atoms with E-state index < -0.39 is 5.82 Å². The second kappa shape index (κ2) is 5.85. The number of hydrogen-bond donors (Lipinski definition) is 1. The number of rotatable bonds is 1. The van der Waals surface area contributed by atoms with Crippen molar-refractivity contribution >= 4 is 34.6 Å². The van der Waals surface area contributed by atoms with Gasteiger partial charge < -0.3 is 10.2 Å². The molecule has 98 valence electrons. The summed E-state index contributed by atoms with van der Waals surface area (Å²) in [5.41, 5.74) is 0.726. The van der Waals surface area contributed by atoms with E-state index in [4.69, 9.17) is 23.8 Å². The van der Waals surface area contributed by atoms with E-state index in [1.54, 1.807) is 12.1 Å². The standard InChI is InChI=1S/C13H16ClFN2S/c1-9-4-2-3-7-17(9)13(18)16-10-5-6-12(15)11(14)8-10/h5-6,8-9H,2-4,7H2,1H3,(H,16,18). The summed E-state index contributed by atoms with van der Waals surface area (Å²) >= 11 is 11.1. The lowest BCUT2D eigenvalue weighted by Crippen LogP contribution is -2.44. The van der Waals surface area contributed by atoms with Crippen molar-refractivity contribution < 1.29 is 4.39 Å². The minimum atomic E-state index is -0.417. The van der Waals surface area contributed by atoms with Gasteiger partial charge in [0, 0.05) is 18.3 Å². The molecule has 0 aliphatic carbocycles. The average Bonchev–Trinajstić information content (AvgIpc) is 2.34. The first-order valence-corrected chi connectivity index (χ1v) is 6.89. The molecule has 2 rings (SSSR count). The number of nitrogens with zero attached hydrogens (tertiary/aromatic N) is 1. The van der Waals surface area contributed by atoms with Gasteiger partial charge in [0.15, 0.2) is 5.11 Å². The van der Waals surface area contributed by atoms with E-state index in [9.17, 15) is 4.39 Å².